The summed E-state index contributed by atoms with van der Waals surface area (Å²) in [6.07, 6.45) is 0. The van der Waals surface area contributed by atoms with Crippen molar-refractivity contribution in [1.29, 1.82) is 0 Å². The van der Waals surface area contributed by atoms with Crippen molar-refractivity contribution in [2.45, 2.75) is 11.8 Å². The number of sulfonamides is 1. The maximum Gasteiger partial charge on any atom is 0.243 e. The lowest BCUT2D eigenvalue weighted by atomic mass is 10.2. The summed E-state index contributed by atoms with van der Waals surface area (Å²) in [5.41, 5.74) is 1.32. The average molecular weight is 379 g/mol. The zero-order chi connectivity index (χ0) is 18.0. The molecule has 0 atom stereocenters. The molecule has 0 saturated carbocycles. The fourth-order valence-electron chi connectivity index (χ4n) is 2.90. The molecule has 1 fully saturated rings. The van der Waals surface area contributed by atoms with Crippen molar-refractivity contribution < 1.29 is 13.2 Å². The number of halogens is 1. The van der Waals surface area contributed by atoms with Crippen molar-refractivity contribution >= 4 is 33.1 Å². The number of carbonyl (C=O) groups excluding carboxylic acids is 1. The smallest absolute Gasteiger partial charge is 0.243 e. The lowest BCUT2D eigenvalue weighted by Crippen LogP contribution is -2.48. The monoisotopic (exact) mass is 378 g/mol. The summed E-state index contributed by atoms with van der Waals surface area (Å²) in [7, 11) is -3.61. The Balaban J connectivity index is 1.77. The molecule has 1 aliphatic rings. The van der Waals surface area contributed by atoms with Crippen LogP contribution in [0.15, 0.2) is 53.4 Å². The van der Waals surface area contributed by atoms with Crippen LogP contribution in [0, 0.1) is 0 Å². The molecule has 3 rings (SSSR count). The van der Waals surface area contributed by atoms with Crippen molar-refractivity contribution in [3.05, 3.63) is 59.1 Å². The number of Topliss-reactive ketones (excluding diaryl/α,β-unsaturated/α-hetero) is 1. The van der Waals surface area contributed by atoms with Gasteiger partial charge in [-0.25, -0.2) is 8.42 Å². The molecule has 0 aromatic heterocycles. The number of piperazine rings is 1. The summed E-state index contributed by atoms with van der Waals surface area (Å²) in [5, 5.41) is 0.660. The molecule has 132 valence electrons. The highest BCUT2D eigenvalue weighted by Gasteiger charge is 2.29. The van der Waals surface area contributed by atoms with E-state index in [1.807, 2.05) is 24.3 Å². The number of anilines is 1. The molecule has 0 spiro atoms. The van der Waals surface area contributed by atoms with E-state index in [0.29, 0.717) is 36.8 Å². The van der Waals surface area contributed by atoms with Crippen molar-refractivity contribution in [1.82, 2.24) is 4.31 Å². The van der Waals surface area contributed by atoms with Crippen molar-refractivity contribution in [2.75, 3.05) is 31.1 Å². The van der Waals surface area contributed by atoms with Gasteiger partial charge in [0, 0.05) is 31.7 Å². The zero-order valence-corrected chi connectivity index (χ0v) is 15.4. The maximum atomic E-state index is 12.8. The van der Waals surface area contributed by atoms with Gasteiger partial charge in [-0.15, -0.1) is 0 Å². The van der Waals surface area contributed by atoms with Gasteiger partial charge in [-0.05, 0) is 31.2 Å². The molecule has 0 bridgehead atoms. The van der Waals surface area contributed by atoms with Crippen LogP contribution < -0.4 is 4.90 Å². The Morgan fingerprint density at radius 3 is 2.32 bits per heavy atom. The first kappa shape index (κ1) is 17.9. The summed E-state index contributed by atoms with van der Waals surface area (Å²) in [6, 6.07) is 13.7. The SMILES string of the molecule is CC(=O)c1cccc(S(=O)(=O)N2CCN(c3ccccc3Cl)CC2)c1. The third-order valence-corrected chi connectivity index (χ3v) is 6.52. The van der Waals surface area contributed by atoms with Crippen LogP contribution in [0.3, 0.4) is 0 Å². The van der Waals surface area contributed by atoms with E-state index in [2.05, 4.69) is 4.90 Å². The molecule has 2 aromatic carbocycles. The quantitative estimate of drug-likeness (QED) is 0.767. The number of carbonyl (C=O) groups is 1. The minimum absolute atomic E-state index is 0.152. The van der Waals surface area contributed by atoms with Crippen LogP contribution >= 0.6 is 11.6 Å². The third kappa shape index (κ3) is 3.71. The van der Waals surface area contributed by atoms with Crippen molar-refractivity contribution in [3.8, 4) is 0 Å². The van der Waals surface area contributed by atoms with Gasteiger partial charge in [0.2, 0.25) is 10.0 Å². The second kappa shape index (κ2) is 7.15. The van der Waals surface area contributed by atoms with Crippen LogP contribution in [0.1, 0.15) is 17.3 Å². The summed E-state index contributed by atoms with van der Waals surface area (Å²) in [6.45, 7) is 3.30. The molecule has 0 radical (unpaired) electrons. The summed E-state index contributed by atoms with van der Waals surface area (Å²) in [5.74, 6) is -0.152. The summed E-state index contributed by atoms with van der Waals surface area (Å²) >= 11 is 6.22. The molecular weight excluding hydrogens is 360 g/mol. The van der Waals surface area contributed by atoms with Crippen LogP contribution in [0.5, 0.6) is 0 Å². The van der Waals surface area contributed by atoms with E-state index < -0.39 is 10.0 Å². The molecule has 5 nitrogen and oxygen atoms in total. The number of rotatable bonds is 4. The molecule has 7 heteroatoms. The van der Waals surface area contributed by atoms with Gasteiger partial charge >= 0.3 is 0 Å². The number of ketones is 1. The molecule has 0 unspecified atom stereocenters. The second-order valence-electron chi connectivity index (χ2n) is 5.93. The van der Waals surface area contributed by atoms with Gasteiger partial charge in [-0.2, -0.15) is 4.31 Å². The minimum Gasteiger partial charge on any atom is -0.368 e. The molecule has 1 saturated heterocycles. The highest BCUT2D eigenvalue weighted by Crippen LogP contribution is 2.27. The van der Waals surface area contributed by atoms with E-state index >= 15 is 0 Å². The van der Waals surface area contributed by atoms with Crippen LogP contribution in [0.2, 0.25) is 5.02 Å². The summed E-state index contributed by atoms with van der Waals surface area (Å²) in [4.78, 5) is 13.7. The lowest BCUT2D eigenvalue weighted by molar-refractivity contribution is 0.101. The molecule has 1 aliphatic heterocycles. The lowest BCUT2D eigenvalue weighted by Gasteiger charge is -2.35. The normalized spacial score (nSPS) is 16.0. The number of benzene rings is 2. The number of nitrogens with zero attached hydrogens (tertiary/aromatic N) is 2. The fraction of sp³-hybridized carbons (Fsp3) is 0.278. The Labute approximate surface area is 152 Å². The first-order valence-electron chi connectivity index (χ1n) is 8.00. The van der Waals surface area contributed by atoms with Crippen LogP contribution in [-0.2, 0) is 10.0 Å². The standard InChI is InChI=1S/C18H19ClN2O3S/c1-14(22)15-5-4-6-16(13-15)25(23,24)21-11-9-20(10-12-21)18-8-3-2-7-17(18)19/h2-8,13H,9-12H2,1H3. The minimum atomic E-state index is -3.61. The van der Waals surface area contributed by atoms with E-state index in [4.69, 9.17) is 11.6 Å². The van der Waals surface area contributed by atoms with Crippen molar-refractivity contribution in [2.24, 2.45) is 0 Å². The Kier molecular flexibility index (Phi) is 5.13. The van der Waals surface area contributed by atoms with Gasteiger partial charge < -0.3 is 4.90 Å². The van der Waals surface area contributed by atoms with Crippen LogP contribution in [0.4, 0.5) is 5.69 Å². The molecule has 0 N–H and O–H groups in total. The predicted molar refractivity (Wildman–Crippen MR) is 98.9 cm³/mol. The second-order valence-corrected chi connectivity index (χ2v) is 8.27. The Morgan fingerprint density at radius 2 is 1.68 bits per heavy atom. The first-order valence-corrected chi connectivity index (χ1v) is 9.82. The van der Waals surface area contributed by atoms with E-state index in [-0.39, 0.29) is 10.7 Å². The number of hydrogen-bond donors (Lipinski definition) is 0. The van der Waals surface area contributed by atoms with E-state index in [0.717, 1.165) is 5.69 Å². The third-order valence-electron chi connectivity index (χ3n) is 4.31. The average Bonchev–Trinajstić information content (AvgIpc) is 2.62. The van der Waals surface area contributed by atoms with Gasteiger partial charge in [-0.3, -0.25) is 4.79 Å². The first-order chi connectivity index (χ1) is 11.9. The van der Waals surface area contributed by atoms with Crippen LogP contribution in [-0.4, -0.2) is 44.7 Å². The van der Waals surface area contributed by atoms with E-state index in [1.54, 1.807) is 12.1 Å². The highest BCUT2D eigenvalue weighted by atomic mass is 35.5. The molecule has 2 aromatic rings. The molecule has 1 heterocycles. The highest BCUT2D eigenvalue weighted by molar-refractivity contribution is 7.89. The van der Waals surface area contributed by atoms with E-state index in [9.17, 15) is 13.2 Å². The largest absolute Gasteiger partial charge is 0.368 e. The predicted octanol–water partition coefficient (Wildman–Crippen LogP) is 3.05. The molecular formula is C18H19ClN2O3S. The number of hydrogen-bond acceptors (Lipinski definition) is 4. The van der Waals surface area contributed by atoms with Gasteiger partial charge in [0.05, 0.1) is 15.6 Å². The molecule has 25 heavy (non-hydrogen) atoms. The van der Waals surface area contributed by atoms with Gasteiger partial charge in [0.1, 0.15) is 0 Å². The Hall–Kier alpha value is -1.89. The topological polar surface area (TPSA) is 57.7 Å². The van der Waals surface area contributed by atoms with Crippen molar-refractivity contribution in [3.63, 3.8) is 0 Å². The number of para-hydroxylation sites is 1. The zero-order valence-electron chi connectivity index (χ0n) is 13.9. The molecule has 0 amide bonds. The Morgan fingerprint density at radius 1 is 1.00 bits per heavy atom. The Bertz CT molecular complexity index is 891. The summed E-state index contributed by atoms with van der Waals surface area (Å²) < 4.78 is 27.1. The van der Waals surface area contributed by atoms with Gasteiger partial charge in [0.25, 0.3) is 0 Å². The van der Waals surface area contributed by atoms with E-state index in [1.165, 1.54) is 23.4 Å². The van der Waals surface area contributed by atoms with Gasteiger partial charge in [-0.1, -0.05) is 35.9 Å². The van der Waals surface area contributed by atoms with Gasteiger partial charge in [0.15, 0.2) is 5.78 Å². The maximum absolute atomic E-state index is 12.8. The fourth-order valence-corrected chi connectivity index (χ4v) is 4.63. The molecule has 0 aliphatic carbocycles. The van der Waals surface area contributed by atoms with Crippen LogP contribution in [0.25, 0.3) is 0 Å².